The highest BCUT2D eigenvalue weighted by Gasteiger charge is 2.26. The first-order valence-corrected chi connectivity index (χ1v) is 9.32. The Balaban J connectivity index is 1.59. The number of aromatic nitrogens is 2. The highest BCUT2D eigenvalue weighted by atomic mass is 19.1. The lowest BCUT2D eigenvalue weighted by Crippen LogP contribution is -2.35. The fraction of sp³-hybridized carbons (Fsp3) is 0.450. The number of fused-ring (bicyclic) bond motifs is 1. The number of halogens is 2. The number of benzene rings is 1. The van der Waals surface area contributed by atoms with Crippen molar-refractivity contribution in [1.82, 2.24) is 9.97 Å². The average molecular weight is 373 g/mol. The Morgan fingerprint density at radius 2 is 1.85 bits per heavy atom. The molecule has 0 bridgehead atoms. The van der Waals surface area contributed by atoms with Crippen molar-refractivity contribution in [2.24, 2.45) is 5.92 Å². The molecule has 142 valence electrons. The normalized spacial score (nSPS) is 17.2. The van der Waals surface area contributed by atoms with Gasteiger partial charge in [0.1, 0.15) is 23.6 Å². The molecule has 1 aliphatic heterocycles. The van der Waals surface area contributed by atoms with Crippen LogP contribution in [0.2, 0.25) is 0 Å². The van der Waals surface area contributed by atoms with E-state index < -0.39 is 17.6 Å². The molecule has 1 aromatic heterocycles. The van der Waals surface area contributed by atoms with Gasteiger partial charge in [0, 0.05) is 30.8 Å². The maximum absolute atomic E-state index is 14.8. The third-order valence-electron chi connectivity index (χ3n) is 5.56. The maximum atomic E-state index is 14.8. The summed E-state index contributed by atoms with van der Waals surface area (Å²) in [4.78, 5) is 21.0. The monoisotopic (exact) mass is 373 g/mol. The SMILES string of the molecule is O=C(O)CC1CCN(c2c(F)cc(-c3ncnc4c3CCC4)cc2F)CC1. The van der Waals surface area contributed by atoms with Crippen molar-refractivity contribution < 1.29 is 18.7 Å². The molecule has 0 amide bonds. The number of rotatable bonds is 4. The van der Waals surface area contributed by atoms with E-state index in [-0.39, 0.29) is 18.0 Å². The molecular weight excluding hydrogens is 352 g/mol. The lowest BCUT2D eigenvalue weighted by atomic mass is 9.93. The summed E-state index contributed by atoms with van der Waals surface area (Å²) in [5.41, 5.74) is 2.97. The van der Waals surface area contributed by atoms with Crippen molar-refractivity contribution in [3.05, 3.63) is 41.4 Å². The molecule has 0 radical (unpaired) electrons. The minimum atomic E-state index is -0.826. The topological polar surface area (TPSA) is 66.3 Å². The van der Waals surface area contributed by atoms with Crippen LogP contribution in [0.1, 0.15) is 36.9 Å². The molecule has 1 aliphatic carbocycles. The quantitative estimate of drug-likeness (QED) is 0.887. The van der Waals surface area contributed by atoms with Crippen molar-refractivity contribution in [3.63, 3.8) is 0 Å². The number of nitrogens with zero attached hydrogens (tertiary/aromatic N) is 3. The van der Waals surface area contributed by atoms with Crippen LogP contribution in [-0.4, -0.2) is 34.1 Å². The molecule has 2 heterocycles. The van der Waals surface area contributed by atoms with Gasteiger partial charge in [0.15, 0.2) is 0 Å². The molecule has 0 atom stereocenters. The summed E-state index contributed by atoms with van der Waals surface area (Å²) in [6.45, 7) is 0.905. The largest absolute Gasteiger partial charge is 0.481 e. The van der Waals surface area contributed by atoms with E-state index in [4.69, 9.17) is 5.11 Å². The van der Waals surface area contributed by atoms with Gasteiger partial charge in [-0.15, -0.1) is 0 Å². The molecule has 2 aromatic rings. The maximum Gasteiger partial charge on any atom is 0.303 e. The third-order valence-corrected chi connectivity index (χ3v) is 5.56. The highest BCUT2D eigenvalue weighted by Crippen LogP contribution is 2.35. The van der Waals surface area contributed by atoms with Crippen LogP contribution in [-0.2, 0) is 17.6 Å². The number of anilines is 1. The molecule has 0 unspecified atom stereocenters. The molecule has 7 heteroatoms. The van der Waals surface area contributed by atoms with Gasteiger partial charge < -0.3 is 10.0 Å². The van der Waals surface area contributed by atoms with Crippen molar-refractivity contribution in [1.29, 1.82) is 0 Å². The Labute approximate surface area is 156 Å². The first-order chi connectivity index (χ1) is 13.0. The van der Waals surface area contributed by atoms with Gasteiger partial charge in [0.05, 0.1) is 5.69 Å². The number of carbonyl (C=O) groups is 1. The Hall–Kier alpha value is -2.57. The second kappa shape index (κ2) is 7.21. The van der Waals surface area contributed by atoms with Crippen LogP contribution in [0.3, 0.4) is 0 Å². The summed E-state index contributed by atoms with van der Waals surface area (Å²) < 4.78 is 29.6. The molecule has 1 aromatic carbocycles. The van der Waals surface area contributed by atoms with Crippen LogP contribution in [0.4, 0.5) is 14.5 Å². The summed E-state index contributed by atoms with van der Waals surface area (Å²) in [7, 11) is 0. The number of aliphatic carboxylic acids is 1. The summed E-state index contributed by atoms with van der Waals surface area (Å²) in [5.74, 6) is -1.97. The second-order valence-electron chi connectivity index (χ2n) is 7.32. The molecule has 5 nitrogen and oxygen atoms in total. The van der Waals surface area contributed by atoms with Gasteiger partial charge in [0.2, 0.25) is 0 Å². The summed E-state index contributed by atoms with van der Waals surface area (Å²) in [6.07, 6.45) is 5.48. The predicted octanol–water partition coefficient (Wildman–Crippen LogP) is 3.60. The van der Waals surface area contributed by atoms with Gasteiger partial charge in [-0.05, 0) is 55.7 Å². The first kappa shape index (κ1) is 17.8. The first-order valence-electron chi connectivity index (χ1n) is 9.32. The van der Waals surface area contributed by atoms with Crippen LogP contribution in [0.5, 0.6) is 0 Å². The van der Waals surface area contributed by atoms with Crippen LogP contribution in [0, 0.1) is 17.6 Å². The van der Waals surface area contributed by atoms with E-state index in [0.29, 0.717) is 37.2 Å². The van der Waals surface area contributed by atoms with Crippen molar-refractivity contribution >= 4 is 11.7 Å². The molecule has 2 aliphatic rings. The van der Waals surface area contributed by atoms with Gasteiger partial charge in [-0.2, -0.15) is 0 Å². The molecule has 0 saturated carbocycles. The van der Waals surface area contributed by atoms with E-state index in [9.17, 15) is 13.6 Å². The number of carboxylic acid groups (broad SMARTS) is 1. The molecule has 4 rings (SSSR count). The molecule has 1 saturated heterocycles. The van der Waals surface area contributed by atoms with Crippen LogP contribution in [0.15, 0.2) is 18.5 Å². The number of hydrogen-bond acceptors (Lipinski definition) is 4. The Kier molecular flexibility index (Phi) is 4.76. The number of aryl methyl sites for hydroxylation is 1. The fourth-order valence-electron chi connectivity index (χ4n) is 4.22. The zero-order chi connectivity index (χ0) is 19.0. The minimum absolute atomic E-state index is 0.0294. The predicted molar refractivity (Wildman–Crippen MR) is 96.6 cm³/mol. The highest BCUT2D eigenvalue weighted by molar-refractivity contribution is 5.68. The second-order valence-corrected chi connectivity index (χ2v) is 7.32. The number of hydrogen-bond donors (Lipinski definition) is 1. The van der Waals surface area contributed by atoms with E-state index in [2.05, 4.69) is 9.97 Å². The van der Waals surface area contributed by atoms with Crippen molar-refractivity contribution in [2.75, 3.05) is 18.0 Å². The number of piperidine rings is 1. The van der Waals surface area contributed by atoms with Gasteiger partial charge >= 0.3 is 5.97 Å². The summed E-state index contributed by atoms with van der Waals surface area (Å²) in [6, 6.07) is 2.70. The summed E-state index contributed by atoms with van der Waals surface area (Å²) >= 11 is 0. The van der Waals surface area contributed by atoms with E-state index in [1.807, 2.05) is 0 Å². The molecule has 0 spiro atoms. The number of carboxylic acids is 1. The van der Waals surface area contributed by atoms with E-state index >= 15 is 0 Å². The molecule has 1 fully saturated rings. The molecule has 27 heavy (non-hydrogen) atoms. The minimum Gasteiger partial charge on any atom is -0.481 e. The van der Waals surface area contributed by atoms with Crippen LogP contribution < -0.4 is 4.90 Å². The fourth-order valence-corrected chi connectivity index (χ4v) is 4.22. The van der Waals surface area contributed by atoms with Gasteiger partial charge in [-0.1, -0.05) is 0 Å². The van der Waals surface area contributed by atoms with Crippen LogP contribution >= 0.6 is 0 Å². The molecule has 1 N–H and O–H groups in total. The third kappa shape index (κ3) is 3.50. The van der Waals surface area contributed by atoms with Crippen molar-refractivity contribution in [3.8, 4) is 11.3 Å². The Morgan fingerprint density at radius 3 is 2.52 bits per heavy atom. The Morgan fingerprint density at radius 1 is 1.15 bits per heavy atom. The Bertz CT molecular complexity index is 857. The zero-order valence-electron chi connectivity index (χ0n) is 14.9. The lowest BCUT2D eigenvalue weighted by molar-refractivity contribution is -0.138. The van der Waals surface area contributed by atoms with E-state index in [1.54, 1.807) is 4.90 Å². The van der Waals surface area contributed by atoms with Gasteiger partial charge in [-0.3, -0.25) is 4.79 Å². The van der Waals surface area contributed by atoms with Gasteiger partial charge in [-0.25, -0.2) is 18.7 Å². The smallest absolute Gasteiger partial charge is 0.303 e. The van der Waals surface area contributed by atoms with Gasteiger partial charge in [0.25, 0.3) is 0 Å². The zero-order valence-corrected chi connectivity index (χ0v) is 14.9. The molecular formula is C20H21F2N3O2. The average Bonchev–Trinajstić information content (AvgIpc) is 3.10. The van der Waals surface area contributed by atoms with Crippen LogP contribution in [0.25, 0.3) is 11.3 Å². The van der Waals surface area contributed by atoms with E-state index in [0.717, 1.165) is 30.5 Å². The lowest BCUT2D eigenvalue weighted by Gasteiger charge is -2.33. The van der Waals surface area contributed by atoms with E-state index in [1.165, 1.54) is 18.5 Å². The standard InChI is InChI=1S/C20H21F2N3O2/c21-15-9-13(19-14-2-1-3-17(14)23-11-24-19)10-16(22)20(15)25-6-4-12(5-7-25)8-18(26)27/h9-12H,1-8H2,(H,26,27). The van der Waals surface area contributed by atoms with Crippen molar-refractivity contribution in [2.45, 2.75) is 38.5 Å². The summed E-state index contributed by atoms with van der Waals surface area (Å²) in [5, 5.41) is 8.90.